The van der Waals surface area contributed by atoms with Crippen LogP contribution in [-0.4, -0.2) is 4.98 Å². The highest BCUT2D eigenvalue weighted by molar-refractivity contribution is 6.38. The van der Waals surface area contributed by atoms with Crippen molar-refractivity contribution in [3.63, 3.8) is 0 Å². The molecule has 1 aromatic heterocycles. The molecule has 0 atom stereocenters. The lowest BCUT2D eigenvalue weighted by Crippen LogP contribution is -1.83. The van der Waals surface area contributed by atoms with Crippen LogP contribution in [0.25, 0.3) is 10.9 Å². The number of rotatable bonds is 0. The van der Waals surface area contributed by atoms with E-state index in [1.165, 1.54) is 0 Å². The van der Waals surface area contributed by atoms with Gasteiger partial charge in [-0.1, -0.05) is 23.2 Å². The molecule has 1 aromatic carbocycles. The van der Waals surface area contributed by atoms with Crippen LogP contribution in [0, 0.1) is 13.0 Å². The number of halogens is 2. The number of aryl methyl sites for hydroxylation is 1. The molecule has 0 spiro atoms. The van der Waals surface area contributed by atoms with Gasteiger partial charge in [0.1, 0.15) is 0 Å². The van der Waals surface area contributed by atoms with Gasteiger partial charge in [0.05, 0.1) is 10.5 Å². The van der Waals surface area contributed by atoms with Gasteiger partial charge in [0.25, 0.3) is 0 Å². The van der Waals surface area contributed by atoms with E-state index in [2.05, 4.69) is 11.1 Å². The molecule has 1 heterocycles. The molecule has 0 amide bonds. The highest BCUT2D eigenvalue weighted by atomic mass is 35.5. The van der Waals surface area contributed by atoms with Crippen LogP contribution in [0.4, 0.5) is 0 Å². The van der Waals surface area contributed by atoms with Crippen LogP contribution in [0.1, 0.15) is 5.69 Å². The highest BCUT2D eigenvalue weighted by Gasteiger charge is 2.02. The van der Waals surface area contributed by atoms with E-state index in [0.29, 0.717) is 10.0 Å². The van der Waals surface area contributed by atoms with Crippen molar-refractivity contribution in [3.8, 4) is 0 Å². The zero-order valence-corrected chi connectivity index (χ0v) is 8.45. The fraction of sp³-hybridized carbons (Fsp3) is 0.100. The number of pyridine rings is 1. The quantitative estimate of drug-likeness (QED) is 0.648. The van der Waals surface area contributed by atoms with Gasteiger partial charge in [-0.3, -0.25) is 4.98 Å². The van der Waals surface area contributed by atoms with Crippen molar-refractivity contribution < 1.29 is 0 Å². The molecule has 1 radical (unpaired) electrons. The Kier molecular flexibility index (Phi) is 2.14. The summed E-state index contributed by atoms with van der Waals surface area (Å²) in [4.78, 5) is 4.27. The van der Waals surface area contributed by atoms with Crippen LogP contribution in [0.15, 0.2) is 18.2 Å². The second-order valence-corrected chi connectivity index (χ2v) is 3.65. The first-order valence-electron chi connectivity index (χ1n) is 3.81. The fourth-order valence-electron chi connectivity index (χ4n) is 1.20. The Labute approximate surface area is 86.3 Å². The summed E-state index contributed by atoms with van der Waals surface area (Å²) in [6.45, 7) is 1.88. The molecule has 65 valence electrons. The molecular weight excluding hydrogens is 205 g/mol. The predicted octanol–water partition coefficient (Wildman–Crippen LogP) is 3.65. The molecule has 0 aliphatic heterocycles. The second kappa shape index (κ2) is 3.17. The monoisotopic (exact) mass is 210 g/mol. The van der Waals surface area contributed by atoms with Gasteiger partial charge in [-0.2, -0.15) is 0 Å². The zero-order chi connectivity index (χ0) is 9.42. The Balaban J connectivity index is 2.86. The fourth-order valence-corrected chi connectivity index (χ4v) is 1.73. The van der Waals surface area contributed by atoms with Crippen molar-refractivity contribution in [2.45, 2.75) is 6.92 Å². The molecule has 2 aromatic rings. The van der Waals surface area contributed by atoms with E-state index in [1.807, 2.05) is 13.0 Å². The van der Waals surface area contributed by atoms with Gasteiger partial charge < -0.3 is 0 Å². The summed E-state index contributed by atoms with van der Waals surface area (Å²) in [5.41, 5.74) is 1.65. The number of hydrogen-bond acceptors (Lipinski definition) is 1. The Morgan fingerprint density at radius 3 is 2.85 bits per heavy atom. The summed E-state index contributed by atoms with van der Waals surface area (Å²) in [6.07, 6.45) is 0. The number of benzene rings is 1. The molecule has 0 aliphatic carbocycles. The molecular formula is C10H6Cl2N. The van der Waals surface area contributed by atoms with Crippen LogP contribution >= 0.6 is 23.2 Å². The van der Waals surface area contributed by atoms with Gasteiger partial charge in [-0.25, -0.2) is 0 Å². The third-order valence-corrected chi connectivity index (χ3v) is 2.32. The van der Waals surface area contributed by atoms with Crippen molar-refractivity contribution in [2.75, 3.05) is 0 Å². The Bertz CT molecular complexity index is 460. The molecule has 0 saturated heterocycles. The zero-order valence-electron chi connectivity index (χ0n) is 6.94. The summed E-state index contributed by atoms with van der Waals surface area (Å²) >= 11 is 11.8. The maximum absolute atomic E-state index is 5.97. The topological polar surface area (TPSA) is 12.9 Å². The van der Waals surface area contributed by atoms with Crippen molar-refractivity contribution in [1.29, 1.82) is 0 Å². The molecule has 0 aliphatic rings. The summed E-state index contributed by atoms with van der Waals surface area (Å²) < 4.78 is 0. The van der Waals surface area contributed by atoms with Gasteiger partial charge in [0.15, 0.2) is 0 Å². The molecule has 0 bridgehead atoms. The van der Waals surface area contributed by atoms with E-state index < -0.39 is 0 Å². The lowest BCUT2D eigenvalue weighted by atomic mass is 10.2. The predicted molar refractivity (Wildman–Crippen MR) is 55.3 cm³/mol. The van der Waals surface area contributed by atoms with E-state index >= 15 is 0 Å². The third-order valence-electron chi connectivity index (χ3n) is 1.79. The van der Waals surface area contributed by atoms with Crippen LogP contribution in [-0.2, 0) is 0 Å². The normalized spacial score (nSPS) is 10.7. The average Bonchev–Trinajstić information content (AvgIpc) is 2.02. The molecule has 13 heavy (non-hydrogen) atoms. The second-order valence-electron chi connectivity index (χ2n) is 2.81. The Morgan fingerprint density at radius 2 is 2.08 bits per heavy atom. The van der Waals surface area contributed by atoms with Gasteiger partial charge in [0, 0.05) is 22.2 Å². The standard InChI is InChI=1S/C10H6Cl2N/c1-6-2-3-8-9(12)4-7(11)5-10(8)13-6/h3-5H,1H3. The summed E-state index contributed by atoms with van der Waals surface area (Å²) in [6, 6.07) is 8.33. The lowest BCUT2D eigenvalue weighted by Gasteiger charge is -2.01. The smallest absolute Gasteiger partial charge is 0.0735 e. The van der Waals surface area contributed by atoms with E-state index in [9.17, 15) is 0 Å². The maximum Gasteiger partial charge on any atom is 0.0735 e. The third kappa shape index (κ3) is 1.62. The summed E-state index contributed by atoms with van der Waals surface area (Å²) in [5, 5.41) is 2.11. The van der Waals surface area contributed by atoms with Gasteiger partial charge in [0.2, 0.25) is 0 Å². The van der Waals surface area contributed by atoms with Crippen LogP contribution in [0.5, 0.6) is 0 Å². The number of fused-ring (bicyclic) bond motifs is 1. The van der Waals surface area contributed by atoms with Crippen molar-refractivity contribution in [2.24, 2.45) is 0 Å². The first-order chi connectivity index (χ1) is 6.16. The average molecular weight is 211 g/mol. The van der Waals surface area contributed by atoms with E-state index in [1.54, 1.807) is 12.1 Å². The molecule has 0 N–H and O–H groups in total. The summed E-state index contributed by atoms with van der Waals surface area (Å²) in [7, 11) is 0. The number of nitrogens with zero attached hydrogens (tertiary/aromatic N) is 1. The summed E-state index contributed by atoms with van der Waals surface area (Å²) in [5.74, 6) is 0. The van der Waals surface area contributed by atoms with Crippen LogP contribution < -0.4 is 0 Å². The maximum atomic E-state index is 5.97. The molecule has 3 heteroatoms. The minimum atomic E-state index is 0.607. The largest absolute Gasteiger partial charge is 0.252 e. The molecule has 0 saturated carbocycles. The van der Waals surface area contributed by atoms with Gasteiger partial charge in [-0.05, 0) is 25.1 Å². The molecule has 0 unspecified atom stereocenters. The minimum Gasteiger partial charge on any atom is -0.252 e. The van der Waals surface area contributed by atoms with E-state index in [-0.39, 0.29) is 0 Å². The van der Waals surface area contributed by atoms with Crippen LogP contribution in [0.3, 0.4) is 0 Å². The Morgan fingerprint density at radius 1 is 1.31 bits per heavy atom. The number of hydrogen-bond donors (Lipinski definition) is 0. The van der Waals surface area contributed by atoms with E-state index in [4.69, 9.17) is 23.2 Å². The van der Waals surface area contributed by atoms with Crippen molar-refractivity contribution >= 4 is 34.1 Å². The molecule has 0 fully saturated rings. The Hall–Kier alpha value is -0.790. The highest BCUT2D eigenvalue weighted by Crippen LogP contribution is 2.26. The van der Waals surface area contributed by atoms with Gasteiger partial charge in [-0.15, -0.1) is 0 Å². The van der Waals surface area contributed by atoms with Crippen molar-refractivity contribution in [1.82, 2.24) is 4.98 Å². The molecule has 1 nitrogen and oxygen atoms in total. The lowest BCUT2D eigenvalue weighted by molar-refractivity contribution is 1.25. The minimum absolute atomic E-state index is 0.607. The van der Waals surface area contributed by atoms with Crippen molar-refractivity contribution in [3.05, 3.63) is 40.0 Å². The first kappa shape index (κ1) is 8.79. The number of aromatic nitrogens is 1. The van der Waals surface area contributed by atoms with Crippen LogP contribution in [0.2, 0.25) is 10.0 Å². The molecule has 2 rings (SSSR count). The SMILES string of the molecule is Cc1[c]cc2c(Cl)cc(Cl)cc2n1. The first-order valence-corrected chi connectivity index (χ1v) is 4.56. The van der Waals surface area contributed by atoms with Gasteiger partial charge >= 0.3 is 0 Å². The van der Waals surface area contributed by atoms with E-state index in [0.717, 1.165) is 16.6 Å².